The number of hydrogen-bond donors (Lipinski definition) is 1. The van der Waals surface area contributed by atoms with Crippen molar-refractivity contribution in [2.75, 3.05) is 0 Å². The molecule has 19 heavy (non-hydrogen) atoms. The van der Waals surface area contributed by atoms with E-state index >= 15 is 0 Å². The molecule has 3 rings (SSSR count). The van der Waals surface area contributed by atoms with Crippen LogP contribution in [0.4, 0.5) is 5.82 Å². The fourth-order valence-electron chi connectivity index (χ4n) is 2.19. The molecule has 0 radical (unpaired) electrons. The fourth-order valence-corrected chi connectivity index (χ4v) is 2.19. The monoisotopic (exact) mass is 249 g/mol. The van der Waals surface area contributed by atoms with Gasteiger partial charge in [0, 0.05) is 17.3 Å². The first-order valence-corrected chi connectivity index (χ1v) is 6.29. The predicted octanol–water partition coefficient (Wildman–Crippen LogP) is 4.01. The molecule has 1 N–H and O–H groups in total. The summed E-state index contributed by atoms with van der Waals surface area (Å²) in [5, 5.41) is 2.39. The smallest absolute Gasteiger partial charge is 0.130 e. The van der Waals surface area contributed by atoms with Crippen molar-refractivity contribution in [2.45, 2.75) is 13.8 Å². The van der Waals surface area contributed by atoms with Crippen LogP contribution in [0.5, 0.6) is 0 Å². The number of H-pyrrole nitrogens is 1. The van der Waals surface area contributed by atoms with Crippen LogP contribution in [-0.2, 0) is 0 Å². The molecule has 0 bridgehead atoms. The van der Waals surface area contributed by atoms with Crippen LogP contribution in [0.2, 0.25) is 0 Å². The Balaban J connectivity index is 2.10. The number of fused-ring (bicyclic) bond motifs is 1. The quantitative estimate of drug-likeness (QED) is 0.685. The van der Waals surface area contributed by atoms with Gasteiger partial charge in [0.1, 0.15) is 5.82 Å². The fraction of sp³-hybridized carbons (Fsp3) is 0.125. The largest absolute Gasteiger partial charge is 0.347 e. The maximum Gasteiger partial charge on any atom is 0.130 e. The van der Waals surface area contributed by atoms with Gasteiger partial charge in [-0.05, 0) is 37.4 Å². The summed E-state index contributed by atoms with van der Waals surface area (Å²) in [6.07, 6.45) is 1.87. The first-order chi connectivity index (χ1) is 9.24. The summed E-state index contributed by atoms with van der Waals surface area (Å²) in [7, 11) is 0. The van der Waals surface area contributed by atoms with Crippen molar-refractivity contribution in [1.29, 1.82) is 0 Å². The summed E-state index contributed by atoms with van der Waals surface area (Å²) in [4.78, 5) is 12.2. The molecule has 0 fully saturated rings. The highest BCUT2D eigenvalue weighted by molar-refractivity contribution is 6.01. The van der Waals surface area contributed by atoms with Gasteiger partial charge >= 0.3 is 0 Å². The molecule has 0 aliphatic heterocycles. The Kier molecular flexibility index (Phi) is 2.88. The molecule has 0 aliphatic rings. The number of aromatic nitrogens is 2. The molecular weight excluding hydrogens is 234 g/mol. The molecule has 2 aromatic heterocycles. The average molecular weight is 249 g/mol. The Hall–Kier alpha value is -2.42. The third kappa shape index (κ3) is 2.27. The number of aromatic amines is 1. The van der Waals surface area contributed by atoms with Gasteiger partial charge in [0.15, 0.2) is 0 Å². The predicted molar refractivity (Wildman–Crippen MR) is 79.1 cm³/mol. The van der Waals surface area contributed by atoms with Crippen molar-refractivity contribution in [3.05, 3.63) is 60.0 Å². The van der Waals surface area contributed by atoms with Crippen molar-refractivity contribution in [3.63, 3.8) is 0 Å². The summed E-state index contributed by atoms with van der Waals surface area (Å²) in [6.45, 7) is 4.02. The lowest BCUT2D eigenvalue weighted by atomic mass is 10.1. The van der Waals surface area contributed by atoms with E-state index in [0.29, 0.717) is 0 Å². The van der Waals surface area contributed by atoms with E-state index in [2.05, 4.69) is 33.2 Å². The SMILES string of the molecule is CC(=Nc1ccc[nH]1)c1cc2ccccc2c(C)n1. The van der Waals surface area contributed by atoms with Gasteiger partial charge in [-0.3, -0.25) is 4.98 Å². The average Bonchev–Trinajstić information content (AvgIpc) is 2.91. The Morgan fingerprint density at radius 1 is 1.16 bits per heavy atom. The van der Waals surface area contributed by atoms with Crippen LogP contribution in [0.3, 0.4) is 0 Å². The molecule has 0 saturated carbocycles. The Labute approximate surface area is 112 Å². The number of nitrogens with one attached hydrogen (secondary N) is 1. The van der Waals surface area contributed by atoms with Crippen molar-refractivity contribution in [3.8, 4) is 0 Å². The molecule has 0 atom stereocenters. The van der Waals surface area contributed by atoms with Gasteiger partial charge in [-0.15, -0.1) is 0 Å². The van der Waals surface area contributed by atoms with Crippen molar-refractivity contribution in [1.82, 2.24) is 9.97 Å². The minimum absolute atomic E-state index is 0.852. The maximum absolute atomic E-state index is 4.64. The molecule has 2 heterocycles. The van der Waals surface area contributed by atoms with Crippen molar-refractivity contribution < 1.29 is 0 Å². The van der Waals surface area contributed by atoms with Gasteiger partial charge in [-0.1, -0.05) is 24.3 Å². The van der Waals surface area contributed by atoms with E-state index in [0.717, 1.165) is 22.9 Å². The molecule has 0 amide bonds. The first-order valence-electron chi connectivity index (χ1n) is 6.29. The van der Waals surface area contributed by atoms with E-state index in [1.807, 2.05) is 44.3 Å². The van der Waals surface area contributed by atoms with Crippen molar-refractivity contribution in [2.24, 2.45) is 4.99 Å². The third-order valence-electron chi connectivity index (χ3n) is 3.17. The number of benzene rings is 1. The third-order valence-corrected chi connectivity index (χ3v) is 3.17. The van der Waals surface area contributed by atoms with E-state index in [1.165, 1.54) is 10.8 Å². The Morgan fingerprint density at radius 2 is 2.00 bits per heavy atom. The lowest BCUT2D eigenvalue weighted by Crippen LogP contribution is -2.00. The molecule has 0 spiro atoms. The van der Waals surface area contributed by atoms with Gasteiger partial charge in [-0.2, -0.15) is 0 Å². The number of pyridine rings is 1. The number of nitrogens with zero attached hydrogens (tertiary/aromatic N) is 2. The number of hydrogen-bond acceptors (Lipinski definition) is 2. The second kappa shape index (κ2) is 4.69. The van der Waals surface area contributed by atoms with Crippen LogP contribution >= 0.6 is 0 Å². The van der Waals surface area contributed by atoms with Gasteiger partial charge in [-0.25, -0.2) is 4.99 Å². The molecular formula is C16H15N3. The zero-order chi connectivity index (χ0) is 13.2. The van der Waals surface area contributed by atoms with E-state index in [4.69, 9.17) is 0 Å². The van der Waals surface area contributed by atoms with Crippen molar-refractivity contribution >= 4 is 22.3 Å². The van der Waals surface area contributed by atoms with Gasteiger partial charge in [0.25, 0.3) is 0 Å². The van der Waals surface area contributed by atoms with E-state index in [-0.39, 0.29) is 0 Å². The molecule has 1 aromatic carbocycles. The van der Waals surface area contributed by atoms with Crippen LogP contribution in [-0.4, -0.2) is 15.7 Å². The van der Waals surface area contributed by atoms with Crippen LogP contribution in [0.25, 0.3) is 10.8 Å². The number of aliphatic imine (C=N–C) groups is 1. The number of aryl methyl sites for hydroxylation is 1. The molecule has 3 aromatic rings. The Morgan fingerprint density at radius 3 is 2.79 bits per heavy atom. The number of rotatable bonds is 2. The minimum Gasteiger partial charge on any atom is -0.347 e. The van der Waals surface area contributed by atoms with Gasteiger partial charge in [0.05, 0.1) is 11.4 Å². The lowest BCUT2D eigenvalue weighted by Gasteiger charge is -2.06. The van der Waals surface area contributed by atoms with E-state index in [9.17, 15) is 0 Å². The minimum atomic E-state index is 0.852. The van der Waals surface area contributed by atoms with E-state index < -0.39 is 0 Å². The van der Waals surface area contributed by atoms with E-state index in [1.54, 1.807) is 0 Å². The topological polar surface area (TPSA) is 41.0 Å². The zero-order valence-corrected chi connectivity index (χ0v) is 11.0. The molecule has 3 nitrogen and oxygen atoms in total. The summed E-state index contributed by atoms with van der Waals surface area (Å²) in [5.41, 5.74) is 2.87. The van der Waals surface area contributed by atoms with Crippen LogP contribution in [0.15, 0.2) is 53.7 Å². The molecule has 0 aliphatic carbocycles. The standard InChI is InChI=1S/C16H15N3/c1-11-14-7-4-3-6-13(14)10-15(18-11)12(2)19-16-8-5-9-17-16/h3-10,17H,1-2H3. The summed E-state index contributed by atoms with van der Waals surface area (Å²) in [5.74, 6) is 0.852. The normalized spacial score (nSPS) is 12.0. The second-order valence-corrected chi connectivity index (χ2v) is 4.57. The summed E-state index contributed by atoms with van der Waals surface area (Å²) >= 11 is 0. The lowest BCUT2D eigenvalue weighted by molar-refractivity contribution is 1.20. The van der Waals surface area contributed by atoms with Gasteiger partial charge in [0.2, 0.25) is 0 Å². The Bertz CT molecular complexity index is 740. The highest BCUT2D eigenvalue weighted by Crippen LogP contribution is 2.19. The first kappa shape index (κ1) is 11.7. The molecule has 0 unspecified atom stereocenters. The second-order valence-electron chi connectivity index (χ2n) is 4.57. The zero-order valence-electron chi connectivity index (χ0n) is 11.0. The molecule has 94 valence electrons. The van der Waals surface area contributed by atoms with Gasteiger partial charge < -0.3 is 4.98 Å². The highest BCUT2D eigenvalue weighted by atomic mass is 14.9. The van der Waals surface area contributed by atoms with Crippen LogP contribution in [0.1, 0.15) is 18.3 Å². The van der Waals surface area contributed by atoms with Crippen LogP contribution in [0, 0.1) is 6.92 Å². The van der Waals surface area contributed by atoms with Crippen LogP contribution < -0.4 is 0 Å². The highest BCUT2D eigenvalue weighted by Gasteiger charge is 2.05. The molecule has 0 saturated heterocycles. The summed E-state index contributed by atoms with van der Waals surface area (Å²) < 4.78 is 0. The molecule has 3 heteroatoms. The summed E-state index contributed by atoms with van der Waals surface area (Å²) in [6, 6.07) is 14.3. The maximum atomic E-state index is 4.64.